The minimum atomic E-state index is 0.549. The number of nitrogens with one attached hydrogen (secondary N) is 1. The molecule has 0 spiro atoms. The fourth-order valence-electron chi connectivity index (χ4n) is 2.83. The smallest absolute Gasteiger partial charge is 0.205 e. The number of anilines is 3. The van der Waals surface area contributed by atoms with Crippen molar-refractivity contribution >= 4 is 17.1 Å². The van der Waals surface area contributed by atoms with Gasteiger partial charge in [0.1, 0.15) is 6.61 Å². The second-order valence-corrected chi connectivity index (χ2v) is 5.43. The Kier molecular flexibility index (Phi) is 4.55. The fraction of sp³-hybridized carbons (Fsp3) is 0.333. The van der Waals surface area contributed by atoms with Gasteiger partial charge in [-0.15, -0.1) is 0 Å². The van der Waals surface area contributed by atoms with E-state index in [0.717, 1.165) is 29.4 Å². The second-order valence-electron chi connectivity index (χ2n) is 5.43. The molecule has 0 saturated heterocycles. The van der Waals surface area contributed by atoms with Crippen LogP contribution in [-0.2, 0) is 0 Å². The molecule has 0 bridgehead atoms. The summed E-state index contributed by atoms with van der Waals surface area (Å²) >= 11 is 0. The molecule has 2 aromatic rings. The second kappa shape index (κ2) is 6.78. The Morgan fingerprint density at radius 2 is 1.75 bits per heavy atom. The summed E-state index contributed by atoms with van der Waals surface area (Å²) in [6.45, 7) is 1.53. The molecular weight excluding hydrogens is 308 g/mol. The molecular formula is C18H22N2O4. The Hall–Kier alpha value is -2.76. The third-order valence-electron chi connectivity index (χ3n) is 4.05. The summed E-state index contributed by atoms with van der Waals surface area (Å²) in [5.41, 5.74) is 2.72. The summed E-state index contributed by atoms with van der Waals surface area (Å²) in [6.07, 6.45) is 0. The van der Waals surface area contributed by atoms with Crippen LogP contribution in [0.1, 0.15) is 0 Å². The Balaban J connectivity index is 2.02. The molecule has 0 saturated carbocycles. The quantitative estimate of drug-likeness (QED) is 0.908. The fourth-order valence-corrected chi connectivity index (χ4v) is 2.83. The molecule has 1 N–H and O–H groups in total. The molecule has 2 aromatic carbocycles. The van der Waals surface area contributed by atoms with Crippen LogP contribution in [0.3, 0.4) is 0 Å². The van der Waals surface area contributed by atoms with Crippen LogP contribution in [0.25, 0.3) is 0 Å². The Morgan fingerprint density at radius 3 is 2.46 bits per heavy atom. The summed E-state index contributed by atoms with van der Waals surface area (Å²) in [4.78, 5) is 2.18. The number of rotatable bonds is 5. The summed E-state index contributed by atoms with van der Waals surface area (Å²) in [7, 11) is 6.85. The van der Waals surface area contributed by atoms with E-state index in [9.17, 15) is 0 Å². The molecule has 6 heteroatoms. The van der Waals surface area contributed by atoms with Crippen LogP contribution in [0, 0.1) is 0 Å². The van der Waals surface area contributed by atoms with Crippen LogP contribution in [-0.4, -0.2) is 41.5 Å². The van der Waals surface area contributed by atoms with E-state index in [1.165, 1.54) is 0 Å². The highest BCUT2D eigenvalue weighted by atomic mass is 16.5. The first-order chi connectivity index (χ1) is 11.7. The van der Waals surface area contributed by atoms with E-state index in [4.69, 9.17) is 18.9 Å². The molecule has 0 amide bonds. The van der Waals surface area contributed by atoms with Crippen molar-refractivity contribution in [2.24, 2.45) is 0 Å². The lowest BCUT2D eigenvalue weighted by Gasteiger charge is -2.29. The number of benzene rings is 2. The van der Waals surface area contributed by atoms with Gasteiger partial charge in [0.05, 0.1) is 44.9 Å². The zero-order chi connectivity index (χ0) is 17.1. The number of hydrogen-bond donors (Lipinski definition) is 1. The normalized spacial score (nSPS) is 12.9. The topological polar surface area (TPSA) is 52.2 Å². The summed E-state index contributed by atoms with van der Waals surface area (Å²) in [5.74, 6) is 2.58. The van der Waals surface area contributed by atoms with Crippen molar-refractivity contribution in [1.82, 2.24) is 0 Å². The van der Waals surface area contributed by atoms with Crippen molar-refractivity contribution in [3.8, 4) is 23.0 Å². The molecule has 6 nitrogen and oxygen atoms in total. The number of likely N-dealkylation sites (N-methyl/N-ethyl adjacent to an activating group) is 1. The maximum absolute atomic E-state index is 5.87. The van der Waals surface area contributed by atoms with Crippen LogP contribution in [0.4, 0.5) is 17.1 Å². The van der Waals surface area contributed by atoms with E-state index in [2.05, 4.69) is 17.3 Å². The Bertz CT molecular complexity index is 733. The molecule has 1 heterocycles. The standard InChI is InChI=1S/C18H22N2O4/c1-20-10-11-24-16-12(6-5-7-14(16)20)19-13-8-9-15(21-2)18(23-4)17(13)22-3/h5-9,19H,10-11H2,1-4H3. The van der Waals surface area contributed by atoms with Crippen molar-refractivity contribution in [1.29, 1.82) is 0 Å². The minimum absolute atomic E-state index is 0.549. The third kappa shape index (κ3) is 2.75. The van der Waals surface area contributed by atoms with Gasteiger partial charge in [-0.3, -0.25) is 0 Å². The first-order valence-electron chi connectivity index (χ1n) is 7.72. The number of ether oxygens (including phenoxy) is 4. The minimum Gasteiger partial charge on any atom is -0.493 e. The molecule has 24 heavy (non-hydrogen) atoms. The van der Waals surface area contributed by atoms with Gasteiger partial charge in [-0.2, -0.15) is 0 Å². The van der Waals surface area contributed by atoms with Gasteiger partial charge in [0, 0.05) is 7.05 Å². The number of hydrogen-bond acceptors (Lipinski definition) is 6. The zero-order valence-electron chi connectivity index (χ0n) is 14.4. The molecule has 128 valence electrons. The van der Waals surface area contributed by atoms with Gasteiger partial charge < -0.3 is 29.2 Å². The molecule has 0 aliphatic carbocycles. The highest BCUT2D eigenvalue weighted by Crippen LogP contribution is 2.46. The van der Waals surface area contributed by atoms with E-state index in [1.807, 2.05) is 30.3 Å². The molecule has 3 rings (SSSR count). The average molecular weight is 330 g/mol. The van der Waals surface area contributed by atoms with E-state index in [-0.39, 0.29) is 0 Å². The lowest BCUT2D eigenvalue weighted by atomic mass is 10.2. The number of para-hydroxylation sites is 1. The van der Waals surface area contributed by atoms with Gasteiger partial charge in [-0.05, 0) is 24.3 Å². The molecule has 0 aromatic heterocycles. The van der Waals surface area contributed by atoms with Crippen LogP contribution in [0.2, 0.25) is 0 Å². The van der Waals surface area contributed by atoms with Crippen molar-refractivity contribution in [2.75, 3.05) is 51.7 Å². The van der Waals surface area contributed by atoms with E-state index < -0.39 is 0 Å². The summed E-state index contributed by atoms with van der Waals surface area (Å²) < 4.78 is 22.2. The van der Waals surface area contributed by atoms with Crippen LogP contribution in [0.15, 0.2) is 30.3 Å². The van der Waals surface area contributed by atoms with Gasteiger partial charge in [0.2, 0.25) is 5.75 Å². The van der Waals surface area contributed by atoms with Crippen LogP contribution >= 0.6 is 0 Å². The maximum atomic E-state index is 5.87. The van der Waals surface area contributed by atoms with Crippen molar-refractivity contribution in [3.63, 3.8) is 0 Å². The van der Waals surface area contributed by atoms with E-state index in [0.29, 0.717) is 23.9 Å². The van der Waals surface area contributed by atoms with Crippen LogP contribution < -0.4 is 29.2 Å². The van der Waals surface area contributed by atoms with Crippen molar-refractivity contribution in [3.05, 3.63) is 30.3 Å². The molecule has 0 unspecified atom stereocenters. The van der Waals surface area contributed by atoms with Gasteiger partial charge in [-0.1, -0.05) is 6.07 Å². The lowest BCUT2D eigenvalue weighted by Crippen LogP contribution is -2.29. The van der Waals surface area contributed by atoms with E-state index >= 15 is 0 Å². The number of fused-ring (bicyclic) bond motifs is 1. The number of nitrogens with zero attached hydrogens (tertiary/aromatic N) is 1. The monoisotopic (exact) mass is 330 g/mol. The number of methoxy groups -OCH3 is 3. The predicted molar refractivity (Wildman–Crippen MR) is 94.6 cm³/mol. The van der Waals surface area contributed by atoms with Crippen molar-refractivity contribution in [2.45, 2.75) is 0 Å². The zero-order valence-corrected chi connectivity index (χ0v) is 14.4. The van der Waals surface area contributed by atoms with Gasteiger partial charge in [0.25, 0.3) is 0 Å². The third-order valence-corrected chi connectivity index (χ3v) is 4.05. The molecule has 1 aliphatic heterocycles. The summed E-state index contributed by atoms with van der Waals surface area (Å²) in [5, 5.41) is 3.39. The lowest BCUT2D eigenvalue weighted by molar-refractivity contribution is 0.313. The first kappa shape index (κ1) is 16.1. The summed E-state index contributed by atoms with van der Waals surface area (Å²) in [6, 6.07) is 9.76. The molecule has 0 radical (unpaired) electrons. The highest BCUT2D eigenvalue weighted by molar-refractivity contribution is 5.80. The van der Waals surface area contributed by atoms with Gasteiger partial charge in [-0.25, -0.2) is 0 Å². The van der Waals surface area contributed by atoms with Gasteiger partial charge >= 0.3 is 0 Å². The molecule has 0 atom stereocenters. The van der Waals surface area contributed by atoms with Crippen LogP contribution in [0.5, 0.6) is 23.0 Å². The van der Waals surface area contributed by atoms with Gasteiger partial charge in [0.15, 0.2) is 17.2 Å². The Morgan fingerprint density at radius 1 is 0.958 bits per heavy atom. The molecule has 0 fully saturated rings. The molecule has 1 aliphatic rings. The van der Waals surface area contributed by atoms with E-state index in [1.54, 1.807) is 21.3 Å². The highest BCUT2D eigenvalue weighted by Gasteiger charge is 2.21. The van der Waals surface area contributed by atoms with Crippen molar-refractivity contribution < 1.29 is 18.9 Å². The SMILES string of the molecule is COc1ccc(Nc2cccc3c2OCCN3C)c(OC)c1OC. The first-order valence-corrected chi connectivity index (χ1v) is 7.72. The maximum Gasteiger partial charge on any atom is 0.205 e. The predicted octanol–water partition coefficient (Wildman–Crippen LogP) is 3.28. The Labute approximate surface area is 141 Å². The average Bonchev–Trinajstić information content (AvgIpc) is 2.62. The largest absolute Gasteiger partial charge is 0.493 e.